The summed E-state index contributed by atoms with van der Waals surface area (Å²) in [6.45, 7) is 0. The highest BCUT2D eigenvalue weighted by Gasteiger charge is 2.13. The molecule has 0 atom stereocenters. The zero-order valence-electron chi connectivity index (χ0n) is 12.8. The maximum atomic E-state index is 13.7. The molecule has 0 bridgehead atoms. The number of hydrogen-bond acceptors (Lipinski definition) is 6. The van der Waals surface area contributed by atoms with Crippen LogP contribution in [0.1, 0.15) is 15.9 Å². The number of thiol groups is 1. The van der Waals surface area contributed by atoms with Gasteiger partial charge >= 0.3 is 0 Å². The Morgan fingerprint density at radius 3 is 2.25 bits per heavy atom. The van der Waals surface area contributed by atoms with Gasteiger partial charge in [0.05, 0.1) is 5.69 Å². The summed E-state index contributed by atoms with van der Waals surface area (Å²) >= 11 is 0. The van der Waals surface area contributed by atoms with Gasteiger partial charge in [-0.05, 0) is 42.5 Å². The van der Waals surface area contributed by atoms with Crippen molar-refractivity contribution in [3.63, 3.8) is 0 Å². The fourth-order valence-corrected chi connectivity index (χ4v) is 2.09. The van der Waals surface area contributed by atoms with Crippen LogP contribution in [0, 0.1) is 5.82 Å². The summed E-state index contributed by atoms with van der Waals surface area (Å²) in [5.74, 6) is -1.80. The van der Waals surface area contributed by atoms with Crippen molar-refractivity contribution in [2.45, 2.75) is 0 Å². The Kier molecular flexibility index (Phi) is 5.59. The quantitative estimate of drug-likeness (QED) is 0.374. The number of rotatable bonds is 6. The molecule has 0 aliphatic heterocycles. The van der Waals surface area contributed by atoms with E-state index in [1.807, 2.05) is 0 Å². The molecule has 0 aliphatic rings. The first kappa shape index (κ1) is 17.5. The van der Waals surface area contributed by atoms with Crippen LogP contribution in [0.25, 0.3) is 0 Å². The number of hydrogen-bond donors (Lipinski definition) is 1. The maximum absolute atomic E-state index is 13.7. The topological polar surface area (TPSA) is 88.4 Å². The fourth-order valence-electron chi connectivity index (χ4n) is 1.78. The average molecular weight is 351 g/mol. The summed E-state index contributed by atoms with van der Waals surface area (Å²) in [4.78, 5) is 12.3. The van der Waals surface area contributed by atoms with Crippen LogP contribution in [0.5, 0.6) is 5.75 Å². The predicted octanol–water partition coefficient (Wildman–Crippen LogP) is 2.52. The lowest BCUT2D eigenvalue weighted by atomic mass is 10.0. The Bertz CT molecular complexity index is 840. The molecule has 7 nitrogen and oxygen atoms in total. The van der Waals surface area contributed by atoms with Crippen LogP contribution in [0.15, 0.2) is 52.8 Å². The van der Waals surface area contributed by atoms with Crippen LogP contribution in [0.2, 0.25) is 0 Å². The maximum Gasteiger partial charge on any atom is 0.299 e. The van der Waals surface area contributed by atoms with E-state index in [9.17, 15) is 17.6 Å². The molecule has 0 heterocycles. The van der Waals surface area contributed by atoms with E-state index in [4.69, 9.17) is 0 Å². The van der Waals surface area contributed by atoms with Crippen molar-refractivity contribution in [3.8, 4) is 5.75 Å². The van der Waals surface area contributed by atoms with E-state index in [0.29, 0.717) is 11.3 Å². The molecule has 0 saturated carbocycles. The van der Waals surface area contributed by atoms with Gasteiger partial charge in [-0.1, -0.05) is 5.22 Å². The summed E-state index contributed by atoms with van der Waals surface area (Å²) in [5, 5.41) is 9.30. The SMILES string of the molecule is CN(C)N=Nc1ccc(C(=O)c2ccc(O[SH](=O)=O)c(F)c2)cc1. The smallest absolute Gasteiger partial charge is 0.299 e. The van der Waals surface area contributed by atoms with E-state index >= 15 is 0 Å². The predicted molar refractivity (Wildman–Crippen MR) is 85.4 cm³/mol. The van der Waals surface area contributed by atoms with Crippen molar-refractivity contribution < 1.29 is 21.8 Å². The number of halogens is 1. The summed E-state index contributed by atoms with van der Waals surface area (Å²) in [6, 6.07) is 9.61. The molecule has 0 saturated heterocycles. The normalized spacial score (nSPS) is 11.0. The first-order chi connectivity index (χ1) is 11.4. The molecule has 0 unspecified atom stereocenters. The lowest BCUT2D eigenvalue weighted by Crippen LogP contribution is -2.03. The summed E-state index contributed by atoms with van der Waals surface area (Å²) < 4.78 is 38.9. The Morgan fingerprint density at radius 2 is 1.71 bits per heavy atom. The van der Waals surface area contributed by atoms with Crippen LogP contribution >= 0.6 is 0 Å². The molecule has 0 aromatic heterocycles. The summed E-state index contributed by atoms with van der Waals surface area (Å²) in [5.41, 5.74) is 0.972. The van der Waals surface area contributed by atoms with Gasteiger partial charge in [0.25, 0.3) is 11.0 Å². The zero-order valence-corrected chi connectivity index (χ0v) is 13.7. The molecule has 0 aliphatic carbocycles. The number of carbonyl (C=O) groups is 1. The second-order valence-corrected chi connectivity index (χ2v) is 5.50. The number of benzene rings is 2. The van der Waals surface area contributed by atoms with Crippen molar-refractivity contribution in [2.75, 3.05) is 14.1 Å². The van der Waals surface area contributed by atoms with Gasteiger partial charge in [0.15, 0.2) is 17.3 Å². The van der Waals surface area contributed by atoms with E-state index in [2.05, 4.69) is 14.5 Å². The molecule has 0 fully saturated rings. The molecule has 0 spiro atoms. The first-order valence-corrected chi connectivity index (χ1v) is 7.82. The Labute approximate surface area is 139 Å². The van der Waals surface area contributed by atoms with Crippen LogP contribution in [-0.4, -0.2) is 33.3 Å². The van der Waals surface area contributed by atoms with Crippen LogP contribution in [0.4, 0.5) is 10.1 Å². The number of nitrogens with zero attached hydrogens (tertiary/aromatic N) is 3. The molecule has 2 aromatic carbocycles. The van der Waals surface area contributed by atoms with Gasteiger partial charge in [0.1, 0.15) is 0 Å². The molecule has 24 heavy (non-hydrogen) atoms. The van der Waals surface area contributed by atoms with Crippen molar-refractivity contribution in [2.24, 2.45) is 10.3 Å². The van der Waals surface area contributed by atoms with Crippen LogP contribution < -0.4 is 4.18 Å². The van der Waals surface area contributed by atoms with Crippen LogP contribution in [-0.2, 0) is 11.0 Å². The lowest BCUT2D eigenvalue weighted by molar-refractivity contribution is 0.103. The average Bonchev–Trinajstić information content (AvgIpc) is 2.54. The van der Waals surface area contributed by atoms with Gasteiger partial charge in [-0.3, -0.25) is 9.80 Å². The highest BCUT2D eigenvalue weighted by atomic mass is 32.2. The molecule has 0 amide bonds. The minimum absolute atomic E-state index is 0.0728. The molecular weight excluding hydrogens is 337 g/mol. The Hall–Kier alpha value is -2.81. The zero-order chi connectivity index (χ0) is 17.7. The van der Waals surface area contributed by atoms with Crippen molar-refractivity contribution in [1.29, 1.82) is 0 Å². The molecule has 2 aromatic rings. The first-order valence-electron chi connectivity index (χ1n) is 6.72. The lowest BCUT2D eigenvalue weighted by Gasteiger charge is -2.05. The molecular formula is C15H14FN3O4S. The van der Waals surface area contributed by atoms with Crippen molar-refractivity contribution in [1.82, 2.24) is 5.01 Å². The molecule has 0 N–H and O–H groups in total. The van der Waals surface area contributed by atoms with E-state index in [1.54, 1.807) is 38.4 Å². The van der Waals surface area contributed by atoms with Gasteiger partial charge < -0.3 is 4.18 Å². The van der Waals surface area contributed by atoms with E-state index in [1.165, 1.54) is 11.1 Å². The van der Waals surface area contributed by atoms with Crippen LogP contribution in [0.3, 0.4) is 0 Å². The Morgan fingerprint density at radius 1 is 1.08 bits per heavy atom. The molecule has 0 radical (unpaired) electrons. The third-order valence-corrected chi connectivity index (χ3v) is 3.18. The van der Waals surface area contributed by atoms with E-state index in [-0.39, 0.29) is 5.56 Å². The largest absolute Gasteiger partial charge is 0.381 e. The monoisotopic (exact) mass is 351 g/mol. The van der Waals surface area contributed by atoms with Crippen molar-refractivity contribution >= 4 is 22.5 Å². The second kappa shape index (κ2) is 7.64. The minimum atomic E-state index is -3.22. The fraction of sp³-hybridized carbons (Fsp3) is 0.133. The van der Waals surface area contributed by atoms with E-state index in [0.717, 1.165) is 12.1 Å². The Balaban J connectivity index is 2.21. The molecule has 2 rings (SSSR count). The highest BCUT2D eigenvalue weighted by molar-refractivity contribution is 7.67. The standard InChI is InChI=1S/C15H14FN3O4S/c1-19(2)18-17-12-6-3-10(4-7-12)15(20)11-5-8-14(13(16)9-11)23-24(21)22/h3-9,24H,1-2H3. The highest BCUT2D eigenvalue weighted by Crippen LogP contribution is 2.21. The summed E-state index contributed by atoms with van der Waals surface area (Å²) in [7, 11) is 0.235. The number of carbonyl (C=O) groups excluding carboxylic acids is 1. The van der Waals surface area contributed by atoms with Gasteiger partial charge in [-0.25, -0.2) is 4.39 Å². The van der Waals surface area contributed by atoms with Gasteiger partial charge in [0.2, 0.25) is 0 Å². The minimum Gasteiger partial charge on any atom is -0.381 e. The third-order valence-electron chi connectivity index (χ3n) is 2.84. The summed E-state index contributed by atoms with van der Waals surface area (Å²) in [6.07, 6.45) is 0. The van der Waals surface area contributed by atoms with E-state index < -0.39 is 28.3 Å². The van der Waals surface area contributed by atoms with Gasteiger partial charge in [-0.2, -0.15) is 8.42 Å². The second-order valence-electron chi connectivity index (χ2n) is 4.87. The molecule has 9 heteroatoms. The van der Waals surface area contributed by atoms with Gasteiger partial charge in [-0.15, -0.1) is 5.11 Å². The third kappa shape index (κ3) is 4.59. The van der Waals surface area contributed by atoms with Gasteiger partial charge in [0, 0.05) is 25.2 Å². The molecule has 126 valence electrons. The number of ketones is 1. The van der Waals surface area contributed by atoms with Crippen molar-refractivity contribution in [3.05, 3.63) is 59.4 Å².